The smallest absolute Gasteiger partial charge is 0.227 e. The predicted molar refractivity (Wildman–Crippen MR) is 90.7 cm³/mol. The summed E-state index contributed by atoms with van der Waals surface area (Å²) >= 11 is 0. The van der Waals surface area contributed by atoms with Crippen molar-refractivity contribution in [3.05, 3.63) is 35.6 Å². The quantitative estimate of drug-likeness (QED) is 0.836. The highest BCUT2D eigenvalue weighted by atomic mass is 32.2. The van der Waals surface area contributed by atoms with Crippen LogP contribution in [0.4, 0.5) is 4.39 Å². The number of hydrogen-bond donors (Lipinski definition) is 1. The number of halogens is 1. The van der Waals surface area contributed by atoms with Crippen LogP contribution in [-0.2, 0) is 21.2 Å². The van der Waals surface area contributed by atoms with Crippen molar-refractivity contribution in [1.82, 2.24) is 9.21 Å². The molecule has 0 unspecified atom stereocenters. The molecular formula is C17H23FN2O4S. The number of piperidine rings is 1. The molecule has 6 nitrogen and oxygen atoms in total. The second-order valence-corrected chi connectivity index (χ2v) is 9.13. The van der Waals surface area contributed by atoms with Crippen molar-refractivity contribution in [3.63, 3.8) is 0 Å². The highest BCUT2D eigenvalue weighted by Gasteiger charge is 2.52. The van der Waals surface area contributed by atoms with Gasteiger partial charge in [0.05, 0.1) is 19.3 Å². The Hall–Kier alpha value is -1.51. The van der Waals surface area contributed by atoms with Crippen molar-refractivity contribution in [1.29, 1.82) is 0 Å². The van der Waals surface area contributed by atoms with Crippen molar-refractivity contribution in [2.45, 2.75) is 12.8 Å². The molecule has 0 spiro atoms. The number of benzene rings is 1. The number of carbonyl (C=O) groups is 1. The fourth-order valence-corrected chi connectivity index (χ4v) is 4.89. The number of rotatable bonds is 4. The van der Waals surface area contributed by atoms with Crippen LogP contribution in [-0.4, -0.2) is 67.7 Å². The minimum Gasteiger partial charge on any atom is -0.396 e. The Kier molecular flexibility index (Phi) is 4.87. The second kappa shape index (κ2) is 6.66. The molecular weight excluding hydrogens is 347 g/mol. The number of nitrogens with zero attached hydrogens (tertiary/aromatic N) is 2. The maximum absolute atomic E-state index is 13.8. The summed E-state index contributed by atoms with van der Waals surface area (Å²) in [5.41, 5.74) is -0.288. The first-order chi connectivity index (χ1) is 11.7. The van der Waals surface area contributed by atoms with Gasteiger partial charge in [0.1, 0.15) is 5.82 Å². The molecule has 0 aromatic heterocycles. The third kappa shape index (κ3) is 3.56. The molecule has 2 aliphatic rings. The van der Waals surface area contributed by atoms with Gasteiger partial charge in [-0.25, -0.2) is 17.1 Å². The molecule has 1 N–H and O–H groups in total. The van der Waals surface area contributed by atoms with Gasteiger partial charge in [-0.1, -0.05) is 18.2 Å². The van der Waals surface area contributed by atoms with Gasteiger partial charge in [0.15, 0.2) is 0 Å². The van der Waals surface area contributed by atoms with Gasteiger partial charge < -0.3 is 10.0 Å². The van der Waals surface area contributed by atoms with E-state index in [0.717, 1.165) is 6.26 Å². The van der Waals surface area contributed by atoms with Crippen LogP contribution in [0.2, 0.25) is 0 Å². The summed E-state index contributed by atoms with van der Waals surface area (Å²) in [5.74, 6) is -0.578. The van der Waals surface area contributed by atoms with E-state index in [2.05, 4.69) is 0 Å². The molecule has 138 valence electrons. The third-order valence-electron chi connectivity index (χ3n) is 5.47. The zero-order valence-electron chi connectivity index (χ0n) is 14.2. The molecule has 2 aliphatic heterocycles. The summed E-state index contributed by atoms with van der Waals surface area (Å²) in [6, 6.07) is 6.18. The maximum atomic E-state index is 13.8. The van der Waals surface area contributed by atoms with Crippen molar-refractivity contribution in [2.75, 3.05) is 39.0 Å². The van der Waals surface area contributed by atoms with Crippen LogP contribution in [0, 0.1) is 17.2 Å². The molecule has 2 fully saturated rings. The summed E-state index contributed by atoms with van der Waals surface area (Å²) < 4.78 is 38.9. The molecule has 25 heavy (non-hydrogen) atoms. The van der Waals surface area contributed by atoms with E-state index in [4.69, 9.17) is 0 Å². The monoisotopic (exact) mass is 370 g/mol. The average Bonchev–Trinajstić information content (AvgIpc) is 2.96. The number of fused-ring (bicyclic) bond motifs is 1. The molecule has 1 amide bonds. The number of amides is 1. The SMILES string of the molecule is CS(=O)(=O)N1C[C@@H]2CCN(C(=O)Cc3ccccc3F)C[C@]2(CO)C1. The fraction of sp³-hybridized carbons (Fsp3) is 0.588. The zero-order valence-corrected chi connectivity index (χ0v) is 15.0. The Morgan fingerprint density at radius 2 is 2.08 bits per heavy atom. The van der Waals surface area contributed by atoms with E-state index in [1.165, 1.54) is 10.4 Å². The van der Waals surface area contributed by atoms with Crippen molar-refractivity contribution < 1.29 is 22.7 Å². The van der Waals surface area contributed by atoms with Crippen LogP contribution in [0.1, 0.15) is 12.0 Å². The van der Waals surface area contributed by atoms with E-state index >= 15 is 0 Å². The molecule has 2 saturated heterocycles. The topological polar surface area (TPSA) is 77.9 Å². The first-order valence-corrected chi connectivity index (χ1v) is 10.2. The van der Waals surface area contributed by atoms with Gasteiger partial charge in [-0.2, -0.15) is 0 Å². The summed E-state index contributed by atoms with van der Waals surface area (Å²) in [4.78, 5) is 14.2. The van der Waals surface area contributed by atoms with Gasteiger partial charge in [-0.05, 0) is 24.0 Å². The molecule has 8 heteroatoms. The Labute approximate surface area is 147 Å². The lowest BCUT2D eigenvalue weighted by atomic mass is 9.74. The summed E-state index contributed by atoms with van der Waals surface area (Å²) in [6.45, 7) is 1.23. The lowest BCUT2D eigenvalue weighted by Crippen LogP contribution is -2.53. The molecule has 0 bridgehead atoms. The number of carbonyl (C=O) groups excluding carboxylic acids is 1. The normalized spacial score (nSPS) is 27.3. The first kappa shape index (κ1) is 18.3. The van der Waals surface area contributed by atoms with E-state index in [-0.39, 0.29) is 31.4 Å². The minimum absolute atomic E-state index is 0.0322. The van der Waals surface area contributed by atoms with Crippen LogP contribution in [0.3, 0.4) is 0 Å². The summed E-state index contributed by atoms with van der Waals surface area (Å²) in [5, 5.41) is 9.95. The molecule has 3 rings (SSSR count). The van der Waals surface area contributed by atoms with E-state index in [1.807, 2.05) is 0 Å². The standard InChI is InChI=1S/C17H23FN2O4S/c1-25(23,24)20-9-14-6-7-19(10-17(14,11-20)12-21)16(22)8-13-4-2-3-5-15(13)18/h2-5,14,21H,6-12H2,1H3/t14-,17+/m0/s1. The Morgan fingerprint density at radius 1 is 1.36 bits per heavy atom. The van der Waals surface area contributed by atoms with Crippen molar-refractivity contribution in [2.24, 2.45) is 11.3 Å². The van der Waals surface area contributed by atoms with E-state index in [0.29, 0.717) is 31.6 Å². The summed E-state index contributed by atoms with van der Waals surface area (Å²) in [6.07, 6.45) is 1.76. The van der Waals surface area contributed by atoms with E-state index < -0.39 is 21.3 Å². The zero-order chi connectivity index (χ0) is 18.2. The van der Waals surface area contributed by atoms with Gasteiger partial charge in [0, 0.05) is 31.6 Å². The van der Waals surface area contributed by atoms with Crippen LogP contribution in [0.25, 0.3) is 0 Å². The Balaban J connectivity index is 1.74. The molecule has 1 aromatic carbocycles. The van der Waals surface area contributed by atoms with Gasteiger partial charge >= 0.3 is 0 Å². The van der Waals surface area contributed by atoms with E-state index in [9.17, 15) is 22.7 Å². The largest absolute Gasteiger partial charge is 0.396 e. The molecule has 2 atom stereocenters. The Morgan fingerprint density at radius 3 is 2.72 bits per heavy atom. The van der Waals surface area contributed by atoms with Crippen LogP contribution in [0.5, 0.6) is 0 Å². The van der Waals surface area contributed by atoms with Gasteiger partial charge in [0.25, 0.3) is 0 Å². The maximum Gasteiger partial charge on any atom is 0.227 e. The lowest BCUT2D eigenvalue weighted by Gasteiger charge is -2.43. The molecule has 0 radical (unpaired) electrons. The fourth-order valence-electron chi connectivity index (χ4n) is 3.94. The number of hydrogen-bond acceptors (Lipinski definition) is 4. The number of aliphatic hydroxyl groups excluding tert-OH is 1. The number of sulfonamides is 1. The van der Waals surface area contributed by atoms with Gasteiger partial charge in [-0.15, -0.1) is 0 Å². The van der Waals surface area contributed by atoms with Crippen molar-refractivity contribution >= 4 is 15.9 Å². The third-order valence-corrected chi connectivity index (χ3v) is 6.69. The Bertz CT molecular complexity index is 770. The van der Waals surface area contributed by atoms with Crippen molar-refractivity contribution in [3.8, 4) is 0 Å². The average molecular weight is 370 g/mol. The molecule has 0 saturated carbocycles. The van der Waals surface area contributed by atoms with Gasteiger partial charge in [0.2, 0.25) is 15.9 Å². The van der Waals surface area contributed by atoms with Crippen LogP contribution in [0.15, 0.2) is 24.3 Å². The first-order valence-electron chi connectivity index (χ1n) is 8.32. The predicted octanol–water partition coefficient (Wildman–Crippen LogP) is 0.471. The van der Waals surface area contributed by atoms with Crippen LogP contribution < -0.4 is 0 Å². The van der Waals surface area contributed by atoms with E-state index in [1.54, 1.807) is 23.1 Å². The minimum atomic E-state index is -3.33. The van der Waals surface area contributed by atoms with Crippen LogP contribution >= 0.6 is 0 Å². The number of aliphatic hydroxyl groups is 1. The molecule has 0 aliphatic carbocycles. The summed E-state index contributed by atoms with van der Waals surface area (Å²) in [7, 11) is -3.33. The molecule has 2 heterocycles. The highest BCUT2D eigenvalue weighted by Crippen LogP contribution is 2.42. The highest BCUT2D eigenvalue weighted by molar-refractivity contribution is 7.88. The molecule has 1 aromatic rings. The second-order valence-electron chi connectivity index (χ2n) is 7.15. The van der Waals surface area contributed by atoms with Gasteiger partial charge in [-0.3, -0.25) is 4.79 Å². The lowest BCUT2D eigenvalue weighted by molar-refractivity contribution is -0.135. The number of likely N-dealkylation sites (tertiary alicyclic amines) is 1.